The molecule has 5 aromatic heterocycles. The summed E-state index contributed by atoms with van der Waals surface area (Å²) in [5.74, 6) is 1.78. The molecule has 0 fully saturated rings. The molecule has 0 aliphatic heterocycles. The monoisotopic (exact) mass is 556 g/mol. The highest BCUT2D eigenvalue weighted by Crippen LogP contribution is 2.46. The minimum absolute atomic E-state index is 0.546. The summed E-state index contributed by atoms with van der Waals surface area (Å²) in [5, 5.41) is 4.53. The number of thiophene rings is 1. The lowest BCUT2D eigenvalue weighted by Crippen LogP contribution is -2.06. The number of pyridine rings is 2. The van der Waals surface area contributed by atoms with Crippen LogP contribution >= 0.6 is 11.3 Å². The Balaban J connectivity index is 1.50. The largest absolute Gasteiger partial charge is 0.275 e. The molecule has 0 amide bonds. The molecule has 0 aliphatic carbocycles. The van der Waals surface area contributed by atoms with E-state index in [4.69, 9.17) is 24.9 Å². The van der Waals surface area contributed by atoms with Crippen LogP contribution in [0.15, 0.2) is 122 Å². The second kappa shape index (κ2) is 8.99. The van der Waals surface area contributed by atoms with Gasteiger partial charge in [-0.25, -0.2) is 4.98 Å². The number of nitrogens with zero attached hydrogens (tertiary/aromatic N) is 6. The van der Waals surface area contributed by atoms with E-state index in [-0.39, 0.29) is 0 Å². The van der Waals surface area contributed by atoms with Crippen LogP contribution in [0.5, 0.6) is 0 Å². The molecule has 0 spiro atoms. The zero-order chi connectivity index (χ0) is 27.6. The van der Waals surface area contributed by atoms with Gasteiger partial charge in [0, 0.05) is 44.4 Å². The van der Waals surface area contributed by atoms with E-state index in [9.17, 15) is 0 Å². The lowest BCUT2D eigenvalue weighted by Gasteiger charge is -2.11. The quantitative estimate of drug-likeness (QED) is 0.218. The first-order valence-corrected chi connectivity index (χ1v) is 14.5. The highest BCUT2D eigenvalue weighted by Gasteiger charge is 2.24. The van der Waals surface area contributed by atoms with Crippen LogP contribution in [0.3, 0.4) is 0 Å². The molecule has 9 aromatic rings. The van der Waals surface area contributed by atoms with Gasteiger partial charge in [-0.15, -0.1) is 11.3 Å². The maximum Gasteiger partial charge on any atom is 0.238 e. The first kappa shape index (κ1) is 23.2. The van der Waals surface area contributed by atoms with Crippen molar-refractivity contribution in [3.63, 3.8) is 0 Å². The molecule has 0 unspecified atom stereocenters. The molecule has 6 nitrogen and oxygen atoms in total. The molecule has 7 heteroatoms. The molecule has 0 aliphatic rings. The average Bonchev–Trinajstić information content (AvgIpc) is 3.62. The molecule has 0 saturated heterocycles. The van der Waals surface area contributed by atoms with Gasteiger partial charge in [0.15, 0.2) is 11.6 Å². The zero-order valence-electron chi connectivity index (χ0n) is 22.1. The topological polar surface area (TPSA) is 69.4 Å². The fourth-order valence-electron chi connectivity index (χ4n) is 5.94. The maximum absolute atomic E-state index is 5.11. The molecule has 0 bridgehead atoms. The lowest BCUT2D eigenvalue weighted by atomic mass is 10.0. The highest BCUT2D eigenvalue weighted by molar-refractivity contribution is 7.27. The minimum Gasteiger partial charge on any atom is -0.275 e. The molecular weight excluding hydrogens is 536 g/mol. The Morgan fingerprint density at radius 2 is 1.14 bits per heavy atom. The number of rotatable bonds is 3. The first-order valence-electron chi connectivity index (χ1n) is 13.7. The molecule has 4 aromatic carbocycles. The predicted molar refractivity (Wildman–Crippen MR) is 171 cm³/mol. The fraction of sp³-hybridized carbons (Fsp3) is 0. The van der Waals surface area contributed by atoms with E-state index in [0.717, 1.165) is 48.7 Å². The van der Waals surface area contributed by atoms with E-state index in [0.29, 0.717) is 17.6 Å². The second-order valence-electron chi connectivity index (χ2n) is 10.1. The molecule has 0 atom stereocenters. The normalized spacial score (nSPS) is 11.8. The summed E-state index contributed by atoms with van der Waals surface area (Å²) in [6.45, 7) is 0. The van der Waals surface area contributed by atoms with E-state index in [1.807, 2.05) is 85.2 Å². The summed E-state index contributed by atoms with van der Waals surface area (Å²) in [6.07, 6.45) is 3.70. The standard InChI is InChI=1S/C35H20N6S/c1-3-11-21(12-4-1)33-38-34(22-13-5-2-6-14-22)40-35(39-33)41-25-17-10-20-37-30(25)28-29-24(16-9-19-36-29)27-23-15-7-8-18-26(23)42-32(27)31(28)41/h1-20H. The molecule has 0 saturated carbocycles. The van der Waals surface area contributed by atoms with Crippen LogP contribution in [0.4, 0.5) is 0 Å². The summed E-state index contributed by atoms with van der Waals surface area (Å²) in [5.41, 5.74) is 5.58. The summed E-state index contributed by atoms with van der Waals surface area (Å²) in [4.78, 5) is 25.0. The van der Waals surface area contributed by atoms with Crippen LogP contribution in [0.25, 0.3) is 81.7 Å². The van der Waals surface area contributed by atoms with E-state index in [2.05, 4.69) is 41.0 Å². The van der Waals surface area contributed by atoms with E-state index >= 15 is 0 Å². The SMILES string of the molecule is c1ccc(-c2nc(-c3ccccc3)nc(-n3c4cccnc4c4c5ncccc5c5c6ccccc6sc5c43)n2)cc1. The Labute approximate surface area is 243 Å². The zero-order valence-corrected chi connectivity index (χ0v) is 23.0. The number of benzene rings is 4. The van der Waals surface area contributed by atoms with Crippen molar-refractivity contribution >= 4 is 64.3 Å². The molecule has 0 N–H and O–H groups in total. The predicted octanol–water partition coefficient (Wildman–Crippen LogP) is 8.61. The number of aromatic nitrogens is 6. The Morgan fingerprint density at radius 3 is 1.88 bits per heavy atom. The minimum atomic E-state index is 0.546. The third-order valence-corrected chi connectivity index (χ3v) is 8.91. The molecule has 9 rings (SSSR count). The Kier molecular flexibility index (Phi) is 4.97. The fourth-order valence-corrected chi connectivity index (χ4v) is 7.20. The van der Waals surface area contributed by atoms with Crippen LogP contribution in [-0.4, -0.2) is 29.5 Å². The van der Waals surface area contributed by atoms with Gasteiger partial charge >= 0.3 is 0 Å². The van der Waals surface area contributed by atoms with Crippen molar-refractivity contribution in [1.82, 2.24) is 29.5 Å². The first-order chi connectivity index (χ1) is 20.8. The van der Waals surface area contributed by atoms with Gasteiger partial charge in [0.2, 0.25) is 5.95 Å². The van der Waals surface area contributed by atoms with Crippen molar-refractivity contribution < 1.29 is 0 Å². The van der Waals surface area contributed by atoms with Crippen molar-refractivity contribution in [2.75, 3.05) is 0 Å². The molecule has 42 heavy (non-hydrogen) atoms. The molecular formula is C35H20N6S. The molecule has 0 radical (unpaired) electrons. The number of hydrogen-bond acceptors (Lipinski definition) is 6. The van der Waals surface area contributed by atoms with E-state index in [1.54, 1.807) is 11.3 Å². The van der Waals surface area contributed by atoms with Gasteiger partial charge < -0.3 is 0 Å². The van der Waals surface area contributed by atoms with Crippen molar-refractivity contribution in [1.29, 1.82) is 0 Å². The van der Waals surface area contributed by atoms with E-state index in [1.165, 1.54) is 15.5 Å². The second-order valence-corrected chi connectivity index (χ2v) is 11.2. The maximum atomic E-state index is 5.11. The van der Waals surface area contributed by atoms with Gasteiger partial charge in [-0.1, -0.05) is 84.9 Å². The Morgan fingerprint density at radius 1 is 0.524 bits per heavy atom. The number of hydrogen-bond donors (Lipinski definition) is 0. The van der Waals surface area contributed by atoms with Crippen LogP contribution in [0.2, 0.25) is 0 Å². The van der Waals surface area contributed by atoms with Crippen molar-refractivity contribution in [3.8, 4) is 28.7 Å². The smallest absolute Gasteiger partial charge is 0.238 e. The van der Waals surface area contributed by atoms with Crippen molar-refractivity contribution in [2.24, 2.45) is 0 Å². The molecule has 5 heterocycles. The Hall–Kier alpha value is -5.53. The van der Waals surface area contributed by atoms with Crippen LogP contribution in [0, 0.1) is 0 Å². The Bertz CT molecular complexity index is 2410. The summed E-state index contributed by atoms with van der Waals surface area (Å²) in [7, 11) is 0. The van der Waals surface area contributed by atoms with Gasteiger partial charge in [0.25, 0.3) is 0 Å². The van der Waals surface area contributed by atoms with Crippen molar-refractivity contribution in [3.05, 3.63) is 122 Å². The third kappa shape index (κ3) is 3.34. The summed E-state index contributed by atoms with van der Waals surface area (Å²) < 4.78 is 4.54. The third-order valence-electron chi connectivity index (χ3n) is 7.74. The van der Waals surface area contributed by atoms with Gasteiger partial charge in [-0.05, 0) is 24.3 Å². The highest BCUT2D eigenvalue weighted by atomic mass is 32.1. The van der Waals surface area contributed by atoms with E-state index < -0.39 is 0 Å². The van der Waals surface area contributed by atoms with Crippen LogP contribution < -0.4 is 0 Å². The van der Waals surface area contributed by atoms with Gasteiger partial charge in [0.05, 0.1) is 32.2 Å². The number of fused-ring (bicyclic) bond motifs is 10. The van der Waals surface area contributed by atoms with Crippen LogP contribution in [-0.2, 0) is 0 Å². The van der Waals surface area contributed by atoms with Gasteiger partial charge in [-0.2, -0.15) is 9.97 Å². The van der Waals surface area contributed by atoms with Gasteiger partial charge in [0.1, 0.15) is 0 Å². The lowest BCUT2D eigenvalue weighted by molar-refractivity contribution is 0.955. The van der Waals surface area contributed by atoms with Crippen LogP contribution in [0.1, 0.15) is 0 Å². The average molecular weight is 557 g/mol. The summed E-state index contributed by atoms with van der Waals surface area (Å²) >= 11 is 1.78. The van der Waals surface area contributed by atoms with Gasteiger partial charge in [-0.3, -0.25) is 14.5 Å². The summed E-state index contributed by atoms with van der Waals surface area (Å²) in [6, 6.07) is 36.9. The molecule has 196 valence electrons. The van der Waals surface area contributed by atoms with Crippen molar-refractivity contribution in [2.45, 2.75) is 0 Å².